The van der Waals surface area contributed by atoms with E-state index >= 15 is 0 Å². The Labute approximate surface area is 70.1 Å². The number of aromatic nitrogens is 1. The summed E-state index contributed by atoms with van der Waals surface area (Å²) in [5, 5.41) is 10.00. The van der Waals surface area contributed by atoms with Gasteiger partial charge >= 0.3 is 0 Å². The highest BCUT2D eigenvalue weighted by Gasteiger charge is 1.92. The van der Waals surface area contributed by atoms with Gasteiger partial charge in [-0.15, -0.1) is 11.3 Å². The van der Waals surface area contributed by atoms with Gasteiger partial charge in [-0.25, -0.2) is 4.98 Å². The Balaban J connectivity index is 2.86. The summed E-state index contributed by atoms with van der Waals surface area (Å²) in [5.74, 6) is 0. The summed E-state index contributed by atoms with van der Waals surface area (Å²) in [6.45, 7) is 3.86. The molecule has 0 aromatic carbocycles. The highest BCUT2D eigenvalue weighted by molar-refractivity contribution is 7.09. The topological polar surface area (TPSA) is 36.7 Å². The normalized spacial score (nSPS) is 11.6. The van der Waals surface area contributed by atoms with Crippen molar-refractivity contribution in [3.63, 3.8) is 0 Å². The van der Waals surface area contributed by atoms with Crippen molar-refractivity contribution < 1.29 is 0 Å². The molecule has 11 heavy (non-hydrogen) atoms. The third kappa shape index (κ3) is 2.27. The summed E-state index contributed by atoms with van der Waals surface area (Å²) in [5.41, 5.74) is 1.88. The van der Waals surface area contributed by atoms with Gasteiger partial charge in [-0.05, 0) is 25.5 Å². The fraction of sp³-hybridized carbons (Fsp3) is 0.250. The molecule has 0 aliphatic carbocycles. The van der Waals surface area contributed by atoms with Crippen molar-refractivity contribution in [3.05, 3.63) is 21.7 Å². The second-order valence-electron chi connectivity index (χ2n) is 2.32. The number of hydrogen-bond acceptors (Lipinski definition) is 3. The molecule has 0 aliphatic rings. The summed E-state index contributed by atoms with van der Waals surface area (Å²) >= 11 is 1.63. The Morgan fingerprint density at radius 2 is 2.45 bits per heavy atom. The van der Waals surface area contributed by atoms with Crippen LogP contribution in [0.4, 0.5) is 0 Å². The minimum Gasteiger partial charge on any atom is -0.308 e. The molecule has 0 saturated heterocycles. The second kappa shape index (κ2) is 3.44. The number of allylic oxidation sites excluding steroid dienone is 1. The van der Waals surface area contributed by atoms with Crippen LogP contribution >= 0.6 is 11.3 Å². The van der Waals surface area contributed by atoms with Crippen molar-refractivity contribution in [2.24, 2.45) is 0 Å². The van der Waals surface area contributed by atoms with Gasteiger partial charge in [0.1, 0.15) is 0 Å². The number of hydrogen-bond donors (Lipinski definition) is 1. The average molecular weight is 166 g/mol. The lowest BCUT2D eigenvalue weighted by molar-refractivity contribution is 1.27. The van der Waals surface area contributed by atoms with E-state index < -0.39 is 0 Å². The molecule has 0 aliphatic heterocycles. The van der Waals surface area contributed by atoms with Crippen LogP contribution in [0, 0.1) is 12.3 Å². The largest absolute Gasteiger partial charge is 0.308 e. The van der Waals surface area contributed by atoms with Crippen molar-refractivity contribution in [1.82, 2.24) is 4.98 Å². The van der Waals surface area contributed by atoms with E-state index in [1.807, 2.05) is 25.3 Å². The van der Waals surface area contributed by atoms with Crippen molar-refractivity contribution >= 4 is 23.6 Å². The smallest absolute Gasteiger partial charge is 0.0901 e. The summed E-state index contributed by atoms with van der Waals surface area (Å²) in [6.07, 6.45) is 3.23. The third-order valence-electron chi connectivity index (χ3n) is 1.24. The van der Waals surface area contributed by atoms with E-state index in [4.69, 9.17) is 5.41 Å². The first-order valence-electron chi connectivity index (χ1n) is 3.33. The van der Waals surface area contributed by atoms with Gasteiger partial charge in [0.2, 0.25) is 0 Å². The number of thiazole rings is 1. The first kappa shape index (κ1) is 8.14. The molecule has 1 N–H and O–H groups in total. The van der Waals surface area contributed by atoms with Crippen LogP contribution in [0.2, 0.25) is 0 Å². The molecule has 0 radical (unpaired) electrons. The summed E-state index contributed by atoms with van der Waals surface area (Å²) in [6, 6.07) is 0. The molecule has 1 aromatic heterocycles. The van der Waals surface area contributed by atoms with Gasteiger partial charge in [-0.3, -0.25) is 0 Å². The van der Waals surface area contributed by atoms with Crippen molar-refractivity contribution in [3.8, 4) is 0 Å². The zero-order valence-electron chi connectivity index (χ0n) is 6.59. The molecule has 0 spiro atoms. The molecule has 2 nitrogen and oxygen atoms in total. The highest BCUT2D eigenvalue weighted by atomic mass is 32.1. The van der Waals surface area contributed by atoms with E-state index in [-0.39, 0.29) is 0 Å². The first-order chi connectivity index (χ1) is 5.22. The maximum Gasteiger partial charge on any atom is 0.0901 e. The van der Waals surface area contributed by atoms with Gasteiger partial charge in [-0.2, -0.15) is 0 Å². The van der Waals surface area contributed by atoms with E-state index in [9.17, 15) is 0 Å². The molecule has 0 amide bonds. The van der Waals surface area contributed by atoms with E-state index in [2.05, 4.69) is 4.98 Å². The van der Waals surface area contributed by atoms with Gasteiger partial charge in [0.05, 0.1) is 10.7 Å². The molecule has 58 valence electrons. The maximum absolute atomic E-state index is 6.95. The van der Waals surface area contributed by atoms with Crippen molar-refractivity contribution in [2.75, 3.05) is 0 Å². The van der Waals surface area contributed by atoms with Crippen LogP contribution in [0.5, 0.6) is 0 Å². The zero-order valence-corrected chi connectivity index (χ0v) is 7.40. The number of nitrogens with one attached hydrogen (secondary N) is 1. The Morgan fingerprint density at radius 3 is 2.91 bits per heavy atom. The highest BCUT2D eigenvalue weighted by Crippen LogP contribution is 2.10. The maximum atomic E-state index is 6.95. The molecule has 0 saturated carbocycles. The molecule has 0 atom stereocenters. The second-order valence-corrected chi connectivity index (χ2v) is 3.39. The van der Waals surface area contributed by atoms with Gasteiger partial charge in [0.25, 0.3) is 0 Å². The van der Waals surface area contributed by atoms with E-state index in [1.165, 1.54) is 6.21 Å². The van der Waals surface area contributed by atoms with Gasteiger partial charge in [0.15, 0.2) is 0 Å². The van der Waals surface area contributed by atoms with Crippen LogP contribution < -0.4 is 0 Å². The molecular weight excluding hydrogens is 156 g/mol. The Hall–Kier alpha value is -0.960. The summed E-state index contributed by atoms with van der Waals surface area (Å²) in [7, 11) is 0. The third-order valence-corrected chi connectivity index (χ3v) is 2.03. The van der Waals surface area contributed by atoms with Crippen LogP contribution in [-0.2, 0) is 0 Å². The van der Waals surface area contributed by atoms with E-state index in [0.29, 0.717) is 0 Å². The molecule has 1 aromatic rings. The number of aryl methyl sites for hydroxylation is 1. The average Bonchev–Trinajstić information content (AvgIpc) is 2.35. The first-order valence-corrected chi connectivity index (χ1v) is 4.21. The van der Waals surface area contributed by atoms with Crippen LogP contribution in [0.1, 0.15) is 17.6 Å². The molecule has 3 heteroatoms. The Bertz CT molecular complexity index is 286. The fourth-order valence-electron chi connectivity index (χ4n) is 0.721. The van der Waals surface area contributed by atoms with Crippen molar-refractivity contribution in [2.45, 2.75) is 13.8 Å². The Kier molecular flexibility index (Phi) is 2.54. The Morgan fingerprint density at radius 1 is 1.73 bits per heavy atom. The van der Waals surface area contributed by atoms with Gasteiger partial charge in [-0.1, -0.05) is 0 Å². The molecular formula is C8H10N2S. The van der Waals surface area contributed by atoms with E-state index in [0.717, 1.165) is 16.3 Å². The van der Waals surface area contributed by atoms with Gasteiger partial charge in [0, 0.05) is 11.6 Å². The minimum absolute atomic E-state index is 0.926. The van der Waals surface area contributed by atoms with Crippen LogP contribution in [0.15, 0.2) is 11.0 Å². The molecule has 0 fully saturated rings. The molecule has 0 unspecified atom stereocenters. The van der Waals surface area contributed by atoms with Crippen LogP contribution in [0.3, 0.4) is 0 Å². The predicted molar refractivity (Wildman–Crippen MR) is 49.3 cm³/mol. The van der Waals surface area contributed by atoms with Gasteiger partial charge < -0.3 is 5.41 Å². The fourth-order valence-corrected chi connectivity index (χ4v) is 1.29. The lowest BCUT2D eigenvalue weighted by Gasteiger charge is -1.85. The SMILES string of the molecule is C/C(C=N)=C\c1csc(C)n1. The van der Waals surface area contributed by atoms with Crippen molar-refractivity contribution in [1.29, 1.82) is 5.41 Å². The summed E-state index contributed by atoms with van der Waals surface area (Å²) < 4.78 is 0. The number of rotatable bonds is 2. The standard InChI is InChI=1S/C8H10N2S/c1-6(4-9)3-8-5-11-7(2)10-8/h3-5,9H,1-2H3/b6-3+,9-4?. The number of nitrogens with zero attached hydrogens (tertiary/aromatic N) is 1. The van der Waals surface area contributed by atoms with Crippen LogP contribution in [-0.4, -0.2) is 11.2 Å². The lowest BCUT2D eigenvalue weighted by atomic mass is 10.3. The minimum atomic E-state index is 0.926. The zero-order chi connectivity index (χ0) is 8.27. The summed E-state index contributed by atoms with van der Waals surface area (Å²) in [4.78, 5) is 4.24. The van der Waals surface area contributed by atoms with Crippen LogP contribution in [0.25, 0.3) is 6.08 Å². The quantitative estimate of drug-likeness (QED) is 0.673. The molecule has 1 rings (SSSR count). The predicted octanol–water partition coefficient (Wildman–Crippen LogP) is 2.50. The molecule has 1 heterocycles. The lowest BCUT2D eigenvalue weighted by Crippen LogP contribution is -1.77. The monoisotopic (exact) mass is 166 g/mol. The van der Waals surface area contributed by atoms with E-state index in [1.54, 1.807) is 11.3 Å². The molecule has 0 bridgehead atoms.